The molecule has 1 aromatic carbocycles. The van der Waals surface area contributed by atoms with Crippen molar-refractivity contribution in [3.63, 3.8) is 0 Å². The van der Waals surface area contributed by atoms with Crippen LogP contribution in [0.1, 0.15) is 18.1 Å². The summed E-state index contributed by atoms with van der Waals surface area (Å²) < 4.78 is 2.61. The van der Waals surface area contributed by atoms with E-state index in [4.69, 9.17) is 12.2 Å². The number of benzene rings is 1. The molecule has 0 aliphatic rings. The van der Waals surface area contributed by atoms with Crippen LogP contribution < -0.4 is 0 Å². The van der Waals surface area contributed by atoms with E-state index in [9.17, 15) is 0 Å². The van der Waals surface area contributed by atoms with Gasteiger partial charge in [-0.2, -0.15) is 5.10 Å². The van der Waals surface area contributed by atoms with Crippen LogP contribution in [0.25, 0.3) is 11.4 Å². The van der Waals surface area contributed by atoms with Gasteiger partial charge in [-0.15, -0.1) is 0 Å². The van der Waals surface area contributed by atoms with Crippen LogP contribution >= 0.6 is 12.2 Å². The molecule has 3 aromatic rings. The quantitative estimate of drug-likeness (QED) is 0.748. The van der Waals surface area contributed by atoms with Gasteiger partial charge in [0.2, 0.25) is 0 Å². The van der Waals surface area contributed by atoms with Gasteiger partial charge in [0.25, 0.3) is 0 Å². The van der Waals surface area contributed by atoms with Crippen molar-refractivity contribution in [2.45, 2.75) is 19.9 Å². The predicted octanol–water partition coefficient (Wildman–Crippen LogP) is 3.61. The first kappa shape index (κ1) is 13.7. The molecule has 3 rings (SSSR count). The van der Waals surface area contributed by atoms with Crippen LogP contribution in [-0.2, 0) is 13.0 Å². The van der Waals surface area contributed by atoms with Gasteiger partial charge < -0.3 is 0 Å². The van der Waals surface area contributed by atoms with Gasteiger partial charge in [-0.05, 0) is 41.9 Å². The lowest BCUT2D eigenvalue weighted by atomic mass is 10.1. The second-order valence-electron chi connectivity index (χ2n) is 4.85. The maximum Gasteiger partial charge on any atom is 0.195 e. The summed E-state index contributed by atoms with van der Waals surface area (Å²) in [5, 5.41) is 7.19. The van der Waals surface area contributed by atoms with Gasteiger partial charge in [-0.1, -0.05) is 31.2 Å². The number of nitrogens with zero attached hydrogens (tertiary/aromatic N) is 3. The van der Waals surface area contributed by atoms with Crippen molar-refractivity contribution >= 4 is 12.2 Å². The Labute approximate surface area is 128 Å². The van der Waals surface area contributed by atoms with Gasteiger partial charge in [-0.25, -0.2) is 0 Å². The molecule has 106 valence electrons. The molecule has 0 aliphatic carbocycles. The molecule has 0 unspecified atom stereocenters. The summed E-state index contributed by atoms with van der Waals surface area (Å²) in [5.74, 6) is 0.813. The summed E-state index contributed by atoms with van der Waals surface area (Å²) in [6.45, 7) is 2.85. The van der Waals surface area contributed by atoms with Gasteiger partial charge in [0.05, 0.1) is 6.54 Å². The molecular weight excluding hydrogens is 280 g/mol. The first-order valence-corrected chi connectivity index (χ1v) is 7.32. The van der Waals surface area contributed by atoms with E-state index >= 15 is 0 Å². The number of aromatic amines is 1. The normalized spacial score (nSPS) is 10.7. The fraction of sp³-hybridized carbons (Fsp3) is 0.188. The van der Waals surface area contributed by atoms with Crippen molar-refractivity contribution in [2.75, 3.05) is 0 Å². The van der Waals surface area contributed by atoms with Crippen molar-refractivity contribution in [1.82, 2.24) is 19.7 Å². The minimum absolute atomic E-state index is 0.619. The highest BCUT2D eigenvalue weighted by atomic mass is 32.1. The molecule has 0 saturated heterocycles. The zero-order valence-electron chi connectivity index (χ0n) is 11.8. The SMILES string of the molecule is CCc1ccc(Cn2c(-c3cccnc3)n[nH]c2=S)cc1. The highest BCUT2D eigenvalue weighted by Crippen LogP contribution is 2.17. The van der Waals surface area contributed by atoms with Crippen LogP contribution in [0.2, 0.25) is 0 Å². The second kappa shape index (κ2) is 6.01. The first-order chi connectivity index (χ1) is 10.3. The number of rotatable bonds is 4. The first-order valence-electron chi connectivity index (χ1n) is 6.91. The molecule has 4 nitrogen and oxygen atoms in total. The molecule has 0 spiro atoms. The molecule has 0 saturated carbocycles. The van der Waals surface area contributed by atoms with Crippen molar-refractivity contribution in [2.24, 2.45) is 0 Å². The van der Waals surface area contributed by atoms with Crippen LogP contribution in [-0.4, -0.2) is 19.7 Å². The predicted molar refractivity (Wildman–Crippen MR) is 85.6 cm³/mol. The monoisotopic (exact) mass is 296 g/mol. The molecule has 0 amide bonds. The van der Waals surface area contributed by atoms with E-state index in [-0.39, 0.29) is 0 Å². The number of hydrogen-bond donors (Lipinski definition) is 1. The highest BCUT2D eigenvalue weighted by molar-refractivity contribution is 7.71. The highest BCUT2D eigenvalue weighted by Gasteiger charge is 2.09. The van der Waals surface area contributed by atoms with E-state index in [1.807, 2.05) is 16.7 Å². The van der Waals surface area contributed by atoms with E-state index in [1.165, 1.54) is 11.1 Å². The molecule has 5 heteroatoms. The van der Waals surface area contributed by atoms with Gasteiger partial charge in [-0.3, -0.25) is 14.6 Å². The van der Waals surface area contributed by atoms with Crippen molar-refractivity contribution < 1.29 is 0 Å². The molecular formula is C16H16N4S. The Morgan fingerprint density at radius 2 is 1.90 bits per heavy atom. The van der Waals surface area contributed by atoms with E-state index in [2.05, 4.69) is 46.4 Å². The standard InChI is InChI=1S/C16H16N4S/c1-2-12-5-7-13(8-6-12)11-20-15(18-19-16(20)21)14-4-3-9-17-10-14/h3-10H,2,11H2,1H3,(H,19,21). The van der Waals surface area contributed by atoms with Crippen LogP contribution in [0.4, 0.5) is 0 Å². The molecule has 0 bridgehead atoms. The third kappa shape index (κ3) is 2.92. The summed E-state index contributed by atoms with van der Waals surface area (Å²) in [6, 6.07) is 12.5. The minimum Gasteiger partial charge on any atom is -0.296 e. The Bertz CT molecular complexity index is 772. The number of aromatic nitrogens is 4. The Morgan fingerprint density at radius 3 is 2.57 bits per heavy atom. The maximum atomic E-state index is 5.35. The number of H-pyrrole nitrogens is 1. The zero-order chi connectivity index (χ0) is 14.7. The maximum absolute atomic E-state index is 5.35. The second-order valence-corrected chi connectivity index (χ2v) is 5.24. The van der Waals surface area contributed by atoms with Gasteiger partial charge in [0.15, 0.2) is 10.6 Å². The third-order valence-corrected chi connectivity index (χ3v) is 3.76. The van der Waals surface area contributed by atoms with Crippen molar-refractivity contribution in [1.29, 1.82) is 0 Å². The minimum atomic E-state index is 0.619. The Morgan fingerprint density at radius 1 is 1.14 bits per heavy atom. The topological polar surface area (TPSA) is 46.5 Å². The molecule has 2 aromatic heterocycles. The number of nitrogens with one attached hydrogen (secondary N) is 1. The van der Waals surface area contributed by atoms with Crippen LogP contribution in [0.3, 0.4) is 0 Å². The molecule has 0 aliphatic heterocycles. The Balaban J connectivity index is 1.95. The summed E-state index contributed by atoms with van der Waals surface area (Å²) in [4.78, 5) is 4.14. The van der Waals surface area contributed by atoms with E-state index in [0.717, 1.165) is 17.8 Å². The average molecular weight is 296 g/mol. The van der Waals surface area contributed by atoms with Gasteiger partial charge in [0, 0.05) is 18.0 Å². The van der Waals surface area contributed by atoms with Crippen molar-refractivity contribution in [3.05, 3.63) is 64.7 Å². The molecule has 0 fully saturated rings. The summed E-state index contributed by atoms with van der Waals surface area (Å²) >= 11 is 5.35. The third-order valence-electron chi connectivity index (χ3n) is 3.45. The Hall–Kier alpha value is -2.27. The van der Waals surface area contributed by atoms with Crippen LogP contribution in [0, 0.1) is 4.77 Å². The Kier molecular flexibility index (Phi) is 3.92. The molecule has 1 N–H and O–H groups in total. The summed E-state index contributed by atoms with van der Waals surface area (Å²) in [7, 11) is 0. The van der Waals surface area contributed by atoms with Crippen LogP contribution in [0.5, 0.6) is 0 Å². The lowest BCUT2D eigenvalue weighted by molar-refractivity contribution is 0.789. The van der Waals surface area contributed by atoms with Gasteiger partial charge >= 0.3 is 0 Å². The largest absolute Gasteiger partial charge is 0.296 e. The van der Waals surface area contributed by atoms with E-state index in [0.29, 0.717) is 11.3 Å². The molecule has 0 atom stereocenters. The summed E-state index contributed by atoms with van der Waals surface area (Å²) in [5.41, 5.74) is 3.49. The molecule has 2 heterocycles. The number of aryl methyl sites for hydroxylation is 1. The molecule has 0 radical (unpaired) electrons. The van der Waals surface area contributed by atoms with Crippen molar-refractivity contribution in [3.8, 4) is 11.4 Å². The molecule has 21 heavy (non-hydrogen) atoms. The zero-order valence-corrected chi connectivity index (χ0v) is 12.6. The lowest BCUT2D eigenvalue weighted by Crippen LogP contribution is -2.02. The lowest BCUT2D eigenvalue weighted by Gasteiger charge is -2.07. The van der Waals surface area contributed by atoms with E-state index in [1.54, 1.807) is 12.4 Å². The van der Waals surface area contributed by atoms with Gasteiger partial charge in [0.1, 0.15) is 0 Å². The fourth-order valence-corrected chi connectivity index (χ4v) is 2.44. The smallest absolute Gasteiger partial charge is 0.195 e. The van der Waals surface area contributed by atoms with Crippen LogP contribution in [0.15, 0.2) is 48.8 Å². The number of pyridine rings is 1. The number of hydrogen-bond acceptors (Lipinski definition) is 3. The average Bonchev–Trinajstić information content (AvgIpc) is 2.90. The van der Waals surface area contributed by atoms with E-state index < -0.39 is 0 Å². The summed E-state index contributed by atoms with van der Waals surface area (Å²) in [6.07, 6.45) is 4.59. The fourth-order valence-electron chi connectivity index (χ4n) is 2.24.